The summed E-state index contributed by atoms with van der Waals surface area (Å²) < 4.78 is 6.62. The molecule has 31 heavy (non-hydrogen) atoms. The highest BCUT2D eigenvalue weighted by Crippen LogP contribution is 2.68. The maximum Gasteiger partial charge on any atom is 0.0687 e. The maximum atomic E-state index is 10.3. The third kappa shape index (κ3) is 4.07. The fourth-order valence-corrected chi connectivity index (χ4v) is 9.18. The molecule has 4 aliphatic carbocycles. The van der Waals surface area contributed by atoms with Gasteiger partial charge in [0.2, 0.25) is 0 Å². The Hall–Kier alpha value is -0.340. The predicted octanol–water partition coefficient (Wildman–Crippen LogP) is 7.55. The van der Waals surface area contributed by atoms with Crippen LogP contribution in [0.3, 0.4) is 0 Å². The Bertz CT molecular complexity index is 668. The van der Waals surface area contributed by atoms with Crippen LogP contribution in [0, 0.1) is 40.4 Å². The van der Waals surface area contributed by atoms with Crippen molar-refractivity contribution in [2.45, 2.75) is 124 Å². The summed E-state index contributed by atoms with van der Waals surface area (Å²) in [5.41, 5.74) is 2.41. The van der Waals surface area contributed by atoms with Gasteiger partial charge in [0.25, 0.3) is 0 Å². The lowest BCUT2D eigenvalue weighted by atomic mass is 9.46. The van der Waals surface area contributed by atoms with Crippen molar-refractivity contribution in [3.8, 4) is 0 Å². The minimum atomic E-state index is -0.0988. The van der Waals surface area contributed by atoms with Gasteiger partial charge in [0.15, 0.2) is 0 Å². The Morgan fingerprint density at radius 2 is 1.90 bits per heavy atom. The predicted molar refractivity (Wildman–Crippen MR) is 130 cm³/mol. The van der Waals surface area contributed by atoms with Crippen LogP contribution in [0.2, 0.25) is 0 Å². The van der Waals surface area contributed by atoms with Crippen molar-refractivity contribution in [1.29, 1.82) is 0 Å². The molecule has 0 spiro atoms. The summed E-state index contributed by atoms with van der Waals surface area (Å²) in [5.74, 6) is 4.00. The molecule has 1 unspecified atom stereocenters. The van der Waals surface area contributed by atoms with Gasteiger partial charge in [0.05, 0.1) is 11.7 Å². The van der Waals surface area contributed by atoms with Crippen LogP contribution in [-0.4, -0.2) is 23.4 Å². The van der Waals surface area contributed by atoms with Gasteiger partial charge in [0.1, 0.15) is 0 Å². The highest BCUT2D eigenvalue weighted by molar-refractivity contribution is 5.25. The van der Waals surface area contributed by atoms with E-state index >= 15 is 0 Å². The fourth-order valence-electron chi connectivity index (χ4n) is 9.18. The molecule has 3 fully saturated rings. The topological polar surface area (TPSA) is 29.5 Å². The van der Waals surface area contributed by atoms with Crippen molar-refractivity contribution >= 4 is 0 Å². The number of hydrogen-bond donors (Lipinski definition) is 1. The Morgan fingerprint density at radius 1 is 1.13 bits per heavy atom. The molecule has 0 radical (unpaired) electrons. The summed E-state index contributed by atoms with van der Waals surface area (Å²) in [6, 6.07) is 0. The first-order valence-corrected chi connectivity index (χ1v) is 13.7. The molecule has 4 aliphatic rings. The number of rotatable bonds is 7. The van der Waals surface area contributed by atoms with E-state index in [2.05, 4.69) is 47.6 Å². The number of aliphatic hydroxyl groups excluding tert-OH is 1. The molecule has 0 aromatic heterocycles. The molecule has 0 bridgehead atoms. The molecule has 0 aromatic rings. The van der Waals surface area contributed by atoms with Crippen molar-refractivity contribution in [1.82, 2.24) is 0 Å². The summed E-state index contributed by atoms with van der Waals surface area (Å²) in [5, 5.41) is 10.3. The van der Waals surface area contributed by atoms with Crippen LogP contribution < -0.4 is 0 Å². The molecule has 4 rings (SSSR count). The standard InChI is InChI=1S/C29H50O2/c1-7-31-29(6,16-8-9-20(2)3)26-13-12-24-23-11-10-21-19-22(30)14-17-27(21,4)25(23)15-18-28(24,26)5/h10,20,22-26,30H,7-9,11-19H2,1-6H3/t22-,23-,24-,25-,26?,27-,28-,29+/m0/s1. The van der Waals surface area contributed by atoms with Crippen LogP contribution in [-0.2, 0) is 4.74 Å². The Labute approximate surface area is 192 Å². The van der Waals surface area contributed by atoms with Crippen LogP contribution in [0.15, 0.2) is 11.6 Å². The summed E-state index contributed by atoms with van der Waals surface area (Å²) in [6.07, 6.45) is 16.2. The third-order valence-corrected chi connectivity index (χ3v) is 10.7. The SMILES string of the molecule is CCO[C@](C)(CCCC(C)C)C1CC[C@H]2[C@@H]3CC=C4C[C@@H](O)CC[C@]4(C)[C@H]3CC[C@]12C. The van der Waals surface area contributed by atoms with Gasteiger partial charge in [-0.15, -0.1) is 0 Å². The molecule has 2 heteroatoms. The molecule has 0 amide bonds. The molecular weight excluding hydrogens is 380 g/mol. The molecule has 3 saturated carbocycles. The van der Waals surface area contributed by atoms with Crippen LogP contribution >= 0.6 is 0 Å². The molecule has 0 aliphatic heterocycles. The number of ether oxygens (including phenoxy) is 1. The fraction of sp³-hybridized carbons (Fsp3) is 0.931. The Balaban J connectivity index is 1.56. The second kappa shape index (κ2) is 8.79. The van der Waals surface area contributed by atoms with Crippen molar-refractivity contribution in [2.24, 2.45) is 40.4 Å². The molecule has 0 heterocycles. The summed E-state index contributed by atoms with van der Waals surface area (Å²) in [4.78, 5) is 0. The molecule has 2 nitrogen and oxygen atoms in total. The zero-order chi connectivity index (χ0) is 22.4. The Morgan fingerprint density at radius 3 is 2.61 bits per heavy atom. The summed E-state index contributed by atoms with van der Waals surface area (Å²) in [7, 11) is 0. The average Bonchev–Trinajstić information content (AvgIpc) is 3.06. The lowest BCUT2D eigenvalue weighted by molar-refractivity contribution is -0.134. The van der Waals surface area contributed by atoms with E-state index in [0.29, 0.717) is 16.7 Å². The van der Waals surface area contributed by atoms with Crippen molar-refractivity contribution < 1.29 is 9.84 Å². The second-order valence-electron chi connectivity index (χ2n) is 12.9. The number of fused-ring (bicyclic) bond motifs is 5. The van der Waals surface area contributed by atoms with Crippen molar-refractivity contribution in [3.05, 3.63) is 11.6 Å². The second-order valence-corrected chi connectivity index (χ2v) is 12.9. The lowest BCUT2D eigenvalue weighted by Gasteiger charge is -2.59. The van der Waals surface area contributed by atoms with E-state index in [-0.39, 0.29) is 11.7 Å². The van der Waals surface area contributed by atoms with Gasteiger partial charge >= 0.3 is 0 Å². The van der Waals surface area contributed by atoms with Gasteiger partial charge in [-0.1, -0.05) is 52.2 Å². The number of aliphatic hydroxyl groups is 1. The zero-order valence-corrected chi connectivity index (χ0v) is 21.4. The van der Waals surface area contributed by atoms with Crippen LogP contribution in [0.4, 0.5) is 0 Å². The third-order valence-electron chi connectivity index (χ3n) is 10.7. The Kier molecular flexibility index (Phi) is 6.75. The van der Waals surface area contributed by atoms with E-state index in [1.807, 2.05) is 0 Å². The molecule has 8 atom stereocenters. The van der Waals surface area contributed by atoms with Crippen LogP contribution in [0.25, 0.3) is 0 Å². The zero-order valence-electron chi connectivity index (χ0n) is 21.4. The largest absolute Gasteiger partial charge is 0.393 e. The van der Waals surface area contributed by atoms with E-state index in [4.69, 9.17) is 4.74 Å². The van der Waals surface area contributed by atoms with Gasteiger partial charge in [-0.3, -0.25) is 0 Å². The van der Waals surface area contributed by atoms with E-state index in [1.165, 1.54) is 57.8 Å². The van der Waals surface area contributed by atoms with E-state index in [9.17, 15) is 5.11 Å². The number of hydrogen-bond acceptors (Lipinski definition) is 2. The number of allylic oxidation sites excluding steroid dienone is 1. The smallest absolute Gasteiger partial charge is 0.0687 e. The first-order chi connectivity index (χ1) is 14.6. The van der Waals surface area contributed by atoms with E-state index in [1.54, 1.807) is 5.57 Å². The normalized spacial score (nSPS) is 44.3. The minimum Gasteiger partial charge on any atom is -0.393 e. The molecule has 1 N–H and O–H groups in total. The van der Waals surface area contributed by atoms with Crippen LogP contribution in [0.5, 0.6) is 0 Å². The highest BCUT2D eigenvalue weighted by Gasteiger charge is 2.61. The average molecular weight is 431 g/mol. The van der Waals surface area contributed by atoms with Gasteiger partial charge in [0, 0.05) is 6.61 Å². The maximum absolute atomic E-state index is 10.3. The summed E-state index contributed by atoms with van der Waals surface area (Å²) >= 11 is 0. The quantitative estimate of drug-likeness (QED) is 0.422. The van der Waals surface area contributed by atoms with Crippen LogP contribution in [0.1, 0.15) is 112 Å². The first-order valence-electron chi connectivity index (χ1n) is 13.7. The van der Waals surface area contributed by atoms with Crippen molar-refractivity contribution in [3.63, 3.8) is 0 Å². The van der Waals surface area contributed by atoms with Crippen molar-refractivity contribution in [2.75, 3.05) is 6.61 Å². The summed E-state index contributed by atoms with van der Waals surface area (Å²) in [6.45, 7) is 15.4. The monoisotopic (exact) mass is 430 g/mol. The van der Waals surface area contributed by atoms with E-state index in [0.717, 1.165) is 43.1 Å². The van der Waals surface area contributed by atoms with Gasteiger partial charge in [-0.2, -0.15) is 0 Å². The highest BCUT2D eigenvalue weighted by atomic mass is 16.5. The van der Waals surface area contributed by atoms with Gasteiger partial charge in [-0.05, 0) is 112 Å². The minimum absolute atomic E-state index is 0.0362. The lowest BCUT2D eigenvalue weighted by Crippen LogP contribution is -2.53. The van der Waals surface area contributed by atoms with Gasteiger partial charge in [-0.25, -0.2) is 0 Å². The first kappa shape index (κ1) is 23.8. The molecular formula is C29H50O2. The molecule has 178 valence electrons. The molecule has 0 aromatic carbocycles. The van der Waals surface area contributed by atoms with Gasteiger partial charge < -0.3 is 9.84 Å². The van der Waals surface area contributed by atoms with E-state index < -0.39 is 0 Å². The molecule has 0 saturated heterocycles.